The minimum atomic E-state index is 0.252. The lowest BCUT2D eigenvalue weighted by Crippen LogP contribution is -2.04. The molecule has 3 aromatic rings. The molecule has 0 spiro atoms. The third kappa shape index (κ3) is 3.50. The molecule has 0 aromatic carbocycles. The van der Waals surface area contributed by atoms with Crippen molar-refractivity contribution in [3.05, 3.63) is 53.5 Å². The molecule has 3 heterocycles. The Bertz CT molecular complexity index is 905. The van der Waals surface area contributed by atoms with Gasteiger partial charge in [0.2, 0.25) is 5.88 Å². The number of carbonyl (C=O) groups excluding carboxylic acids is 1. The largest absolute Gasteiger partial charge is 0.486 e. The first kappa shape index (κ1) is 16.6. The summed E-state index contributed by atoms with van der Waals surface area (Å²) in [5.74, 6) is 0.758. The highest BCUT2D eigenvalue weighted by Gasteiger charge is 2.13. The van der Waals surface area contributed by atoms with E-state index in [1.54, 1.807) is 10.9 Å². The Morgan fingerprint density at radius 3 is 2.80 bits per heavy atom. The second-order valence-corrected chi connectivity index (χ2v) is 5.48. The van der Waals surface area contributed by atoms with Crippen molar-refractivity contribution < 1.29 is 14.3 Å². The zero-order valence-electron chi connectivity index (χ0n) is 14.3. The fourth-order valence-electron chi connectivity index (χ4n) is 2.54. The zero-order valence-corrected chi connectivity index (χ0v) is 14.3. The minimum absolute atomic E-state index is 0.252. The maximum atomic E-state index is 11.3. The summed E-state index contributed by atoms with van der Waals surface area (Å²) in [6.07, 6.45) is 3.92. The Labute approximate surface area is 145 Å². The first-order valence-electron chi connectivity index (χ1n) is 7.69. The van der Waals surface area contributed by atoms with E-state index in [9.17, 15) is 4.79 Å². The number of hydrogen-bond donors (Lipinski definition) is 0. The number of aldehydes is 1. The van der Waals surface area contributed by atoms with Crippen molar-refractivity contribution in [1.29, 1.82) is 0 Å². The zero-order chi connectivity index (χ0) is 17.8. The van der Waals surface area contributed by atoms with Gasteiger partial charge in [-0.05, 0) is 19.1 Å². The van der Waals surface area contributed by atoms with Crippen LogP contribution in [0.25, 0.3) is 11.4 Å². The average Bonchev–Trinajstić information content (AvgIpc) is 2.98. The first-order valence-corrected chi connectivity index (χ1v) is 7.69. The molecular weight excluding hydrogens is 320 g/mol. The van der Waals surface area contributed by atoms with Crippen LogP contribution in [0.1, 0.15) is 21.6 Å². The van der Waals surface area contributed by atoms with Crippen LogP contribution in [-0.4, -0.2) is 33.1 Å². The number of ether oxygens (including phenoxy) is 2. The van der Waals surface area contributed by atoms with Gasteiger partial charge < -0.3 is 9.47 Å². The molecule has 0 amide bonds. The van der Waals surface area contributed by atoms with Gasteiger partial charge in [-0.15, -0.1) is 0 Å². The molecule has 0 N–H and O–H groups in total. The molecule has 128 valence electrons. The Balaban J connectivity index is 1.88. The molecule has 3 aromatic heterocycles. The molecule has 7 nitrogen and oxygen atoms in total. The molecule has 3 rings (SSSR count). The van der Waals surface area contributed by atoms with Crippen LogP contribution in [0, 0.1) is 6.92 Å². The van der Waals surface area contributed by atoms with Crippen molar-refractivity contribution in [2.75, 3.05) is 7.11 Å². The quantitative estimate of drug-likeness (QED) is 0.643. The number of nitrogens with zero attached hydrogens (tertiary/aromatic N) is 4. The number of methoxy groups -OCH3 is 1. The van der Waals surface area contributed by atoms with Gasteiger partial charge in [-0.25, -0.2) is 4.98 Å². The fraction of sp³-hybridized carbons (Fsp3) is 0.222. The minimum Gasteiger partial charge on any atom is -0.486 e. The van der Waals surface area contributed by atoms with E-state index in [2.05, 4.69) is 15.1 Å². The van der Waals surface area contributed by atoms with Crippen LogP contribution in [0.4, 0.5) is 0 Å². The van der Waals surface area contributed by atoms with E-state index in [0.29, 0.717) is 23.5 Å². The third-order valence-electron chi connectivity index (χ3n) is 3.73. The van der Waals surface area contributed by atoms with E-state index in [4.69, 9.17) is 9.47 Å². The maximum Gasteiger partial charge on any atom is 0.213 e. The summed E-state index contributed by atoms with van der Waals surface area (Å²) in [4.78, 5) is 19.8. The van der Waals surface area contributed by atoms with Crippen molar-refractivity contribution >= 4 is 6.29 Å². The number of rotatable bonds is 6. The molecule has 0 aliphatic carbocycles. The first-order chi connectivity index (χ1) is 12.1. The van der Waals surface area contributed by atoms with Crippen LogP contribution in [0.15, 0.2) is 36.7 Å². The summed E-state index contributed by atoms with van der Waals surface area (Å²) in [5, 5.41) is 4.36. The van der Waals surface area contributed by atoms with Crippen molar-refractivity contribution in [2.24, 2.45) is 7.05 Å². The smallest absolute Gasteiger partial charge is 0.213 e. The molecule has 0 saturated carbocycles. The molecule has 0 saturated heterocycles. The van der Waals surface area contributed by atoms with Crippen LogP contribution in [0.3, 0.4) is 0 Å². The Morgan fingerprint density at radius 1 is 1.28 bits per heavy atom. The predicted octanol–water partition coefficient (Wildman–Crippen LogP) is 2.59. The molecule has 25 heavy (non-hydrogen) atoms. The molecule has 0 bridgehead atoms. The summed E-state index contributed by atoms with van der Waals surface area (Å²) < 4.78 is 12.6. The van der Waals surface area contributed by atoms with Gasteiger partial charge in [0.15, 0.2) is 6.29 Å². The lowest BCUT2D eigenvalue weighted by atomic mass is 10.1. The van der Waals surface area contributed by atoms with Gasteiger partial charge in [0.25, 0.3) is 0 Å². The summed E-state index contributed by atoms with van der Waals surface area (Å²) >= 11 is 0. The number of carbonyl (C=O) groups is 1. The number of hydrogen-bond acceptors (Lipinski definition) is 6. The molecule has 7 heteroatoms. The van der Waals surface area contributed by atoms with E-state index < -0.39 is 0 Å². The Kier molecular flexibility index (Phi) is 4.74. The SMILES string of the molecule is COc1cc(C=O)c(OCc2cccnc2-c2cc(C)nn2C)cn1. The van der Waals surface area contributed by atoms with E-state index >= 15 is 0 Å². The van der Waals surface area contributed by atoms with Gasteiger partial charge in [-0.1, -0.05) is 6.07 Å². The lowest BCUT2D eigenvalue weighted by molar-refractivity contribution is 0.111. The molecule has 0 unspecified atom stereocenters. The van der Waals surface area contributed by atoms with Crippen LogP contribution >= 0.6 is 0 Å². The third-order valence-corrected chi connectivity index (χ3v) is 3.73. The van der Waals surface area contributed by atoms with Gasteiger partial charge in [-0.3, -0.25) is 14.5 Å². The number of pyridine rings is 2. The topological polar surface area (TPSA) is 79.1 Å². The van der Waals surface area contributed by atoms with Crippen LogP contribution in [0.2, 0.25) is 0 Å². The molecule has 0 atom stereocenters. The second kappa shape index (κ2) is 7.12. The summed E-state index contributed by atoms with van der Waals surface area (Å²) in [7, 11) is 3.37. The summed E-state index contributed by atoms with van der Waals surface area (Å²) in [6, 6.07) is 7.29. The Hall–Kier alpha value is -3.22. The highest BCUT2D eigenvalue weighted by molar-refractivity contribution is 5.79. The van der Waals surface area contributed by atoms with Gasteiger partial charge in [0.05, 0.1) is 36.0 Å². The molecular formula is C18H18N4O3. The predicted molar refractivity (Wildman–Crippen MR) is 91.7 cm³/mol. The monoisotopic (exact) mass is 338 g/mol. The van der Waals surface area contributed by atoms with Gasteiger partial charge in [-0.2, -0.15) is 5.10 Å². The van der Waals surface area contributed by atoms with E-state index in [1.165, 1.54) is 19.4 Å². The standard InChI is InChI=1S/C18H18N4O3/c1-12-7-15(22(2)21-12)18-13(5-4-6-19-18)11-25-16-9-20-17(24-3)8-14(16)10-23/h4-10H,11H2,1-3H3. The summed E-state index contributed by atoms with van der Waals surface area (Å²) in [6.45, 7) is 2.18. The second-order valence-electron chi connectivity index (χ2n) is 5.48. The van der Waals surface area contributed by atoms with Crippen molar-refractivity contribution in [1.82, 2.24) is 19.7 Å². The summed E-state index contributed by atoms with van der Waals surface area (Å²) in [5.41, 5.74) is 3.88. The maximum absolute atomic E-state index is 11.3. The van der Waals surface area contributed by atoms with E-state index in [1.807, 2.05) is 32.2 Å². The van der Waals surface area contributed by atoms with Crippen LogP contribution < -0.4 is 9.47 Å². The van der Waals surface area contributed by atoms with E-state index in [0.717, 1.165) is 22.6 Å². The van der Waals surface area contributed by atoms with Gasteiger partial charge in [0.1, 0.15) is 12.4 Å². The van der Waals surface area contributed by atoms with Crippen molar-refractivity contribution in [3.63, 3.8) is 0 Å². The van der Waals surface area contributed by atoms with E-state index in [-0.39, 0.29) is 6.61 Å². The van der Waals surface area contributed by atoms with Crippen LogP contribution in [0.5, 0.6) is 11.6 Å². The molecule has 0 aliphatic heterocycles. The van der Waals surface area contributed by atoms with Crippen molar-refractivity contribution in [3.8, 4) is 23.0 Å². The van der Waals surface area contributed by atoms with Gasteiger partial charge >= 0.3 is 0 Å². The fourth-order valence-corrected chi connectivity index (χ4v) is 2.54. The average molecular weight is 338 g/mol. The number of aromatic nitrogens is 4. The molecule has 0 radical (unpaired) electrons. The number of aryl methyl sites for hydroxylation is 2. The normalized spacial score (nSPS) is 10.5. The van der Waals surface area contributed by atoms with Crippen molar-refractivity contribution in [2.45, 2.75) is 13.5 Å². The Morgan fingerprint density at radius 2 is 2.12 bits per heavy atom. The molecule has 0 fully saturated rings. The van der Waals surface area contributed by atoms with Gasteiger partial charge in [0, 0.05) is 24.9 Å². The highest BCUT2D eigenvalue weighted by atomic mass is 16.5. The van der Waals surface area contributed by atoms with Crippen LogP contribution in [-0.2, 0) is 13.7 Å². The molecule has 0 aliphatic rings. The highest BCUT2D eigenvalue weighted by Crippen LogP contribution is 2.25. The lowest BCUT2D eigenvalue weighted by Gasteiger charge is -2.12.